The van der Waals surface area contributed by atoms with E-state index in [1.54, 1.807) is 29.4 Å². The van der Waals surface area contributed by atoms with Gasteiger partial charge in [0.2, 0.25) is 11.9 Å². The number of anilines is 1. The number of likely N-dealkylation sites (tertiary alicyclic amines) is 1. The molecule has 3 N–H and O–H groups in total. The smallest absolute Gasteiger partial charge is 0.253 e. The number of nitrogen functional groups attached to an aromatic ring is 1. The van der Waals surface area contributed by atoms with Crippen molar-refractivity contribution in [2.75, 3.05) is 25.4 Å². The summed E-state index contributed by atoms with van der Waals surface area (Å²) >= 11 is 0. The van der Waals surface area contributed by atoms with Gasteiger partial charge in [0.15, 0.2) is 0 Å². The first-order chi connectivity index (χ1) is 12.1. The molecule has 7 heteroatoms. The first-order valence-corrected chi connectivity index (χ1v) is 8.33. The van der Waals surface area contributed by atoms with Crippen LogP contribution in [-0.2, 0) is 4.79 Å². The van der Waals surface area contributed by atoms with Gasteiger partial charge in [-0.05, 0) is 31.0 Å². The van der Waals surface area contributed by atoms with Crippen LogP contribution in [0.2, 0.25) is 0 Å². The predicted octanol–water partition coefficient (Wildman–Crippen LogP) is 1.32. The van der Waals surface area contributed by atoms with Crippen molar-refractivity contribution < 1.29 is 9.59 Å². The zero-order chi connectivity index (χ0) is 17.8. The van der Waals surface area contributed by atoms with E-state index in [-0.39, 0.29) is 23.7 Å². The molecule has 1 unspecified atom stereocenters. The average molecular weight is 339 g/mol. The number of aromatic nitrogens is 2. The maximum atomic E-state index is 12.6. The van der Waals surface area contributed by atoms with Gasteiger partial charge in [0, 0.05) is 43.2 Å². The van der Waals surface area contributed by atoms with Crippen molar-refractivity contribution in [3.8, 4) is 11.1 Å². The lowest BCUT2D eigenvalue weighted by atomic mass is 10.1. The molecule has 2 aromatic rings. The molecule has 1 aromatic carbocycles. The van der Waals surface area contributed by atoms with Gasteiger partial charge in [0.25, 0.3) is 5.91 Å². The number of nitrogens with two attached hydrogens (primary N) is 1. The van der Waals surface area contributed by atoms with Crippen LogP contribution in [-0.4, -0.2) is 46.3 Å². The maximum Gasteiger partial charge on any atom is 0.253 e. The third kappa shape index (κ3) is 3.76. The molecule has 7 nitrogen and oxygen atoms in total. The molecule has 3 rings (SSSR count). The van der Waals surface area contributed by atoms with Crippen LogP contribution in [0.1, 0.15) is 23.7 Å². The quantitative estimate of drug-likeness (QED) is 0.875. The minimum atomic E-state index is -0.116. The van der Waals surface area contributed by atoms with E-state index in [1.807, 2.05) is 19.1 Å². The molecule has 2 amide bonds. The van der Waals surface area contributed by atoms with E-state index in [9.17, 15) is 9.59 Å². The van der Waals surface area contributed by atoms with Crippen molar-refractivity contribution in [2.45, 2.75) is 13.3 Å². The van der Waals surface area contributed by atoms with Crippen molar-refractivity contribution in [2.24, 2.45) is 5.92 Å². The normalized spacial score (nSPS) is 16.7. The second-order valence-corrected chi connectivity index (χ2v) is 6.04. The molecular weight excluding hydrogens is 318 g/mol. The molecule has 0 saturated carbocycles. The number of rotatable bonds is 4. The molecule has 25 heavy (non-hydrogen) atoms. The molecule has 0 bridgehead atoms. The van der Waals surface area contributed by atoms with Gasteiger partial charge in [-0.15, -0.1) is 0 Å². The Kier molecular flexibility index (Phi) is 4.92. The highest BCUT2D eigenvalue weighted by Gasteiger charge is 2.31. The fourth-order valence-electron chi connectivity index (χ4n) is 2.95. The zero-order valence-electron chi connectivity index (χ0n) is 14.1. The molecule has 0 spiro atoms. The second kappa shape index (κ2) is 7.29. The monoisotopic (exact) mass is 339 g/mol. The van der Waals surface area contributed by atoms with Gasteiger partial charge >= 0.3 is 0 Å². The van der Waals surface area contributed by atoms with Crippen LogP contribution >= 0.6 is 0 Å². The number of hydrogen-bond donors (Lipinski definition) is 2. The molecule has 1 atom stereocenters. The van der Waals surface area contributed by atoms with Crippen LogP contribution in [0.5, 0.6) is 0 Å². The predicted molar refractivity (Wildman–Crippen MR) is 94.6 cm³/mol. The molecule has 1 fully saturated rings. The zero-order valence-corrected chi connectivity index (χ0v) is 14.1. The molecule has 0 aliphatic carbocycles. The first-order valence-electron chi connectivity index (χ1n) is 8.33. The van der Waals surface area contributed by atoms with Gasteiger partial charge in [0.05, 0.1) is 5.92 Å². The van der Waals surface area contributed by atoms with Gasteiger partial charge in [-0.3, -0.25) is 9.59 Å². The van der Waals surface area contributed by atoms with Gasteiger partial charge in [-0.2, -0.15) is 0 Å². The van der Waals surface area contributed by atoms with E-state index in [0.717, 1.165) is 11.1 Å². The van der Waals surface area contributed by atoms with E-state index >= 15 is 0 Å². The highest BCUT2D eigenvalue weighted by atomic mass is 16.2. The molecule has 130 valence electrons. The summed E-state index contributed by atoms with van der Waals surface area (Å²) < 4.78 is 0. The van der Waals surface area contributed by atoms with Crippen LogP contribution in [0.15, 0.2) is 36.7 Å². The van der Waals surface area contributed by atoms with Crippen LogP contribution in [0, 0.1) is 5.92 Å². The van der Waals surface area contributed by atoms with Gasteiger partial charge in [0.1, 0.15) is 0 Å². The molecule has 0 radical (unpaired) electrons. The standard InChI is InChI=1S/C18H21N5O2/c1-2-20-16(24)14-7-8-23(11-14)17(25)13-5-3-12(4-6-13)15-9-21-18(19)22-10-15/h3-6,9-10,14H,2,7-8,11H2,1H3,(H,20,24)(H2,19,21,22). The van der Waals surface area contributed by atoms with Crippen molar-refractivity contribution in [1.82, 2.24) is 20.2 Å². The van der Waals surface area contributed by atoms with Crippen LogP contribution in [0.4, 0.5) is 5.95 Å². The van der Waals surface area contributed by atoms with E-state index in [4.69, 9.17) is 5.73 Å². The lowest BCUT2D eigenvalue weighted by Crippen LogP contribution is -2.34. The molecule has 1 aliphatic rings. The second-order valence-electron chi connectivity index (χ2n) is 6.04. The Morgan fingerprint density at radius 1 is 1.20 bits per heavy atom. The topological polar surface area (TPSA) is 101 Å². The van der Waals surface area contributed by atoms with Crippen molar-refractivity contribution in [3.05, 3.63) is 42.2 Å². The third-order valence-corrected chi connectivity index (χ3v) is 4.33. The average Bonchev–Trinajstić information content (AvgIpc) is 3.12. The highest BCUT2D eigenvalue weighted by Crippen LogP contribution is 2.22. The van der Waals surface area contributed by atoms with E-state index in [2.05, 4.69) is 15.3 Å². The lowest BCUT2D eigenvalue weighted by Gasteiger charge is -2.16. The van der Waals surface area contributed by atoms with Crippen molar-refractivity contribution >= 4 is 17.8 Å². The summed E-state index contributed by atoms with van der Waals surface area (Å²) in [6, 6.07) is 7.29. The summed E-state index contributed by atoms with van der Waals surface area (Å²) in [6.07, 6.45) is 4.01. The van der Waals surface area contributed by atoms with Crippen molar-refractivity contribution in [3.63, 3.8) is 0 Å². The summed E-state index contributed by atoms with van der Waals surface area (Å²) in [6.45, 7) is 3.58. The number of amides is 2. The molecule has 1 saturated heterocycles. The number of nitrogens with one attached hydrogen (secondary N) is 1. The number of carbonyl (C=O) groups is 2. The number of benzene rings is 1. The number of nitrogens with zero attached hydrogens (tertiary/aromatic N) is 3. The summed E-state index contributed by atoms with van der Waals surface area (Å²) in [5.41, 5.74) is 7.85. The minimum absolute atomic E-state index is 0.0245. The van der Waals surface area contributed by atoms with Gasteiger partial charge in [-0.25, -0.2) is 9.97 Å². The summed E-state index contributed by atoms with van der Waals surface area (Å²) in [4.78, 5) is 34.2. The Bertz CT molecular complexity index is 758. The molecule has 1 aromatic heterocycles. The Morgan fingerprint density at radius 3 is 2.52 bits per heavy atom. The molecule has 2 heterocycles. The number of carbonyl (C=O) groups excluding carboxylic acids is 2. The minimum Gasteiger partial charge on any atom is -0.368 e. The van der Waals surface area contributed by atoms with E-state index in [0.29, 0.717) is 31.6 Å². The number of hydrogen-bond acceptors (Lipinski definition) is 5. The van der Waals surface area contributed by atoms with Crippen LogP contribution in [0.25, 0.3) is 11.1 Å². The first kappa shape index (κ1) is 16.9. The largest absolute Gasteiger partial charge is 0.368 e. The SMILES string of the molecule is CCNC(=O)C1CCN(C(=O)c2ccc(-c3cnc(N)nc3)cc2)C1. The molecular formula is C18H21N5O2. The Hall–Kier alpha value is -2.96. The fourth-order valence-corrected chi connectivity index (χ4v) is 2.95. The van der Waals surface area contributed by atoms with Gasteiger partial charge < -0.3 is 16.0 Å². The maximum absolute atomic E-state index is 12.6. The van der Waals surface area contributed by atoms with Gasteiger partial charge in [-0.1, -0.05) is 12.1 Å². The Balaban J connectivity index is 1.67. The Labute approximate surface area is 146 Å². The Morgan fingerprint density at radius 2 is 1.88 bits per heavy atom. The summed E-state index contributed by atoms with van der Waals surface area (Å²) in [7, 11) is 0. The van der Waals surface area contributed by atoms with Crippen LogP contribution in [0.3, 0.4) is 0 Å². The molecule has 1 aliphatic heterocycles. The van der Waals surface area contributed by atoms with E-state index < -0.39 is 0 Å². The van der Waals surface area contributed by atoms with Crippen LogP contribution < -0.4 is 11.1 Å². The highest BCUT2D eigenvalue weighted by molar-refractivity contribution is 5.95. The summed E-state index contributed by atoms with van der Waals surface area (Å²) in [5.74, 6) is 0.0877. The summed E-state index contributed by atoms with van der Waals surface area (Å²) in [5, 5.41) is 2.82. The van der Waals surface area contributed by atoms with E-state index in [1.165, 1.54) is 0 Å². The van der Waals surface area contributed by atoms with Crippen molar-refractivity contribution in [1.29, 1.82) is 0 Å². The lowest BCUT2D eigenvalue weighted by molar-refractivity contribution is -0.124. The third-order valence-electron chi connectivity index (χ3n) is 4.33. The fraction of sp³-hybridized carbons (Fsp3) is 0.333.